The molecule has 0 bridgehead atoms. The molecule has 0 aromatic heterocycles. The van der Waals surface area contributed by atoms with Gasteiger partial charge in [0, 0.05) is 33.3 Å². The standard InChI is InChI=1S/C22H27N3O3/c1-28-14-12-23-21(26)15-20-22(27)24-11-13-25(20)16-17-7-9-19(10-8-17)18-5-3-2-4-6-18/h2-10,20H,11-16H2,1H3,(H,23,26)(H,24,27)/t20-/m1/s1. The van der Waals surface area contributed by atoms with Crippen LogP contribution in [0.25, 0.3) is 11.1 Å². The summed E-state index contributed by atoms with van der Waals surface area (Å²) in [4.78, 5) is 26.6. The average molecular weight is 381 g/mol. The second-order valence-electron chi connectivity index (χ2n) is 6.89. The SMILES string of the molecule is COCCNC(=O)C[C@@H]1C(=O)NCCN1Cc1ccc(-c2ccccc2)cc1. The molecule has 6 nitrogen and oxygen atoms in total. The van der Waals surface area contributed by atoms with Crippen LogP contribution >= 0.6 is 0 Å². The predicted molar refractivity (Wildman–Crippen MR) is 109 cm³/mol. The largest absolute Gasteiger partial charge is 0.383 e. The minimum atomic E-state index is -0.454. The number of nitrogens with zero attached hydrogens (tertiary/aromatic N) is 1. The molecular formula is C22H27N3O3. The van der Waals surface area contributed by atoms with Crippen molar-refractivity contribution in [2.24, 2.45) is 0 Å². The number of amides is 2. The van der Waals surface area contributed by atoms with Crippen molar-refractivity contribution in [3.8, 4) is 11.1 Å². The van der Waals surface area contributed by atoms with Gasteiger partial charge < -0.3 is 15.4 Å². The first kappa shape index (κ1) is 20.0. The first-order valence-electron chi connectivity index (χ1n) is 9.59. The molecule has 1 heterocycles. The molecule has 148 valence electrons. The fourth-order valence-electron chi connectivity index (χ4n) is 3.38. The minimum absolute atomic E-state index is 0.0888. The summed E-state index contributed by atoms with van der Waals surface area (Å²) in [6, 6.07) is 18.1. The molecule has 0 saturated carbocycles. The molecule has 2 aromatic carbocycles. The maximum Gasteiger partial charge on any atom is 0.237 e. The number of hydrogen-bond acceptors (Lipinski definition) is 4. The number of carbonyl (C=O) groups is 2. The first-order chi connectivity index (χ1) is 13.7. The van der Waals surface area contributed by atoms with Crippen molar-refractivity contribution in [1.82, 2.24) is 15.5 Å². The second-order valence-corrected chi connectivity index (χ2v) is 6.89. The molecule has 6 heteroatoms. The van der Waals surface area contributed by atoms with Crippen molar-refractivity contribution in [2.45, 2.75) is 19.0 Å². The van der Waals surface area contributed by atoms with Gasteiger partial charge in [0.05, 0.1) is 19.1 Å². The van der Waals surface area contributed by atoms with Gasteiger partial charge in [0.25, 0.3) is 0 Å². The molecule has 1 fully saturated rings. The van der Waals surface area contributed by atoms with E-state index in [1.165, 1.54) is 5.56 Å². The Morgan fingerprint density at radius 2 is 1.86 bits per heavy atom. The summed E-state index contributed by atoms with van der Waals surface area (Å²) in [5, 5.41) is 5.66. The highest BCUT2D eigenvalue weighted by Crippen LogP contribution is 2.21. The topological polar surface area (TPSA) is 70.7 Å². The molecule has 28 heavy (non-hydrogen) atoms. The Bertz CT molecular complexity index is 777. The highest BCUT2D eigenvalue weighted by Gasteiger charge is 2.31. The summed E-state index contributed by atoms with van der Waals surface area (Å²) in [6.45, 7) is 2.87. The Labute approximate surface area is 165 Å². The zero-order valence-corrected chi connectivity index (χ0v) is 16.2. The van der Waals surface area contributed by atoms with E-state index in [0.717, 1.165) is 17.7 Å². The van der Waals surface area contributed by atoms with Crippen LogP contribution in [0.1, 0.15) is 12.0 Å². The molecule has 1 aliphatic rings. The van der Waals surface area contributed by atoms with Crippen molar-refractivity contribution in [1.29, 1.82) is 0 Å². The Morgan fingerprint density at radius 3 is 2.57 bits per heavy atom. The lowest BCUT2D eigenvalue weighted by atomic mass is 10.0. The molecule has 0 unspecified atom stereocenters. The highest BCUT2D eigenvalue weighted by atomic mass is 16.5. The molecule has 3 rings (SSSR count). The normalized spacial score (nSPS) is 17.2. The molecule has 2 aromatic rings. The van der Waals surface area contributed by atoms with Gasteiger partial charge in [0.15, 0.2) is 0 Å². The van der Waals surface area contributed by atoms with Crippen LogP contribution in [-0.4, -0.2) is 56.1 Å². The van der Waals surface area contributed by atoms with Crippen molar-refractivity contribution >= 4 is 11.8 Å². The van der Waals surface area contributed by atoms with Crippen LogP contribution in [0.2, 0.25) is 0 Å². The van der Waals surface area contributed by atoms with E-state index in [1.54, 1.807) is 7.11 Å². The smallest absolute Gasteiger partial charge is 0.237 e. The van der Waals surface area contributed by atoms with E-state index >= 15 is 0 Å². The van der Waals surface area contributed by atoms with Gasteiger partial charge >= 0.3 is 0 Å². The highest BCUT2D eigenvalue weighted by molar-refractivity contribution is 5.88. The van der Waals surface area contributed by atoms with Crippen molar-refractivity contribution in [3.63, 3.8) is 0 Å². The van der Waals surface area contributed by atoms with Crippen molar-refractivity contribution in [3.05, 3.63) is 60.2 Å². The lowest BCUT2D eigenvalue weighted by Crippen LogP contribution is -2.56. The van der Waals surface area contributed by atoms with Crippen LogP contribution in [0, 0.1) is 0 Å². The van der Waals surface area contributed by atoms with E-state index < -0.39 is 6.04 Å². The monoisotopic (exact) mass is 381 g/mol. The lowest BCUT2D eigenvalue weighted by Gasteiger charge is -2.34. The van der Waals surface area contributed by atoms with E-state index in [-0.39, 0.29) is 18.2 Å². The summed E-state index contributed by atoms with van der Waals surface area (Å²) in [5.74, 6) is -0.224. The zero-order valence-electron chi connectivity index (χ0n) is 16.2. The molecule has 2 amide bonds. The fourth-order valence-corrected chi connectivity index (χ4v) is 3.38. The number of piperazine rings is 1. The lowest BCUT2D eigenvalue weighted by molar-refractivity contribution is -0.134. The summed E-state index contributed by atoms with van der Waals surface area (Å²) >= 11 is 0. The van der Waals surface area contributed by atoms with Crippen LogP contribution in [0.15, 0.2) is 54.6 Å². The third-order valence-corrected chi connectivity index (χ3v) is 4.90. The first-order valence-corrected chi connectivity index (χ1v) is 9.59. The maximum absolute atomic E-state index is 12.3. The van der Waals surface area contributed by atoms with Crippen LogP contribution < -0.4 is 10.6 Å². The van der Waals surface area contributed by atoms with Crippen LogP contribution in [0.3, 0.4) is 0 Å². The number of carbonyl (C=O) groups excluding carboxylic acids is 2. The minimum Gasteiger partial charge on any atom is -0.383 e. The molecule has 1 aliphatic heterocycles. The molecule has 0 radical (unpaired) electrons. The molecule has 1 atom stereocenters. The van der Waals surface area contributed by atoms with E-state index in [2.05, 4.69) is 51.9 Å². The third kappa shape index (κ3) is 5.41. The van der Waals surface area contributed by atoms with Crippen LogP contribution in [0.5, 0.6) is 0 Å². The van der Waals surface area contributed by atoms with Crippen LogP contribution in [-0.2, 0) is 20.9 Å². The summed E-state index contributed by atoms with van der Waals surface area (Å²) < 4.78 is 4.94. The zero-order chi connectivity index (χ0) is 19.8. The Hall–Kier alpha value is -2.70. The Morgan fingerprint density at radius 1 is 1.14 bits per heavy atom. The summed E-state index contributed by atoms with van der Waals surface area (Å²) in [7, 11) is 1.59. The maximum atomic E-state index is 12.3. The number of nitrogens with one attached hydrogen (secondary N) is 2. The summed E-state index contributed by atoms with van der Waals surface area (Å²) in [5.41, 5.74) is 3.46. The van der Waals surface area contributed by atoms with Gasteiger partial charge in [-0.25, -0.2) is 0 Å². The summed E-state index contributed by atoms with van der Waals surface area (Å²) in [6.07, 6.45) is 0.150. The third-order valence-electron chi connectivity index (χ3n) is 4.90. The van der Waals surface area contributed by atoms with Crippen molar-refractivity contribution in [2.75, 3.05) is 33.4 Å². The van der Waals surface area contributed by atoms with Gasteiger partial charge in [0.2, 0.25) is 11.8 Å². The van der Waals surface area contributed by atoms with E-state index in [4.69, 9.17) is 4.74 Å². The van der Waals surface area contributed by atoms with Gasteiger partial charge in [0.1, 0.15) is 0 Å². The van der Waals surface area contributed by atoms with Crippen LogP contribution in [0.4, 0.5) is 0 Å². The molecule has 1 saturated heterocycles. The number of hydrogen-bond donors (Lipinski definition) is 2. The number of ether oxygens (including phenoxy) is 1. The van der Waals surface area contributed by atoms with Gasteiger partial charge in [-0.2, -0.15) is 0 Å². The Balaban J connectivity index is 1.63. The van der Waals surface area contributed by atoms with Gasteiger partial charge in [-0.05, 0) is 16.7 Å². The number of rotatable bonds is 8. The predicted octanol–water partition coefficient (Wildman–Crippen LogP) is 1.81. The molecule has 2 N–H and O–H groups in total. The van der Waals surface area contributed by atoms with Gasteiger partial charge in [-0.1, -0.05) is 54.6 Å². The number of benzene rings is 2. The van der Waals surface area contributed by atoms with Crippen molar-refractivity contribution < 1.29 is 14.3 Å². The van der Waals surface area contributed by atoms with E-state index in [1.807, 2.05) is 18.2 Å². The van der Waals surface area contributed by atoms with E-state index in [0.29, 0.717) is 26.2 Å². The van der Waals surface area contributed by atoms with Gasteiger partial charge in [-0.3, -0.25) is 14.5 Å². The Kier molecular flexibility index (Phi) is 7.17. The molecular weight excluding hydrogens is 354 g/mol. The molecule has 0 spiro atoms. The fraction of sp³-hybridized carbons (Fsp3) is 0.364. The molecule has 0 aliphatic carbocycles. The van der Waals surface area contributed by atoms with Gasteiger partial charge in [-0.15, -0.1) is 0 Å². The quantitative estimate of drug-likeness (QED) is 0.684. The van der Waals surface area contributed by atoms with E-state index in [9.17, 15) is 9.59 Å². The number of methoxy groups -OCH3 is 1. The second kappa shape index (κ2) is 10.0. The average Bonchev–Trinajstić information content (AvgIpc) is 2.72.